The Morgan fingerprint density at radius 1 is 1.71 bits per heavy atom. The molecule has 1 heterocycles. The van der Waals surface area contributed by atoms with Crippen molar-refractivity contribution in [2.75, 3.05) is 19.4 Å². The molecule has 0 amide bonds. The van der Waals surface area contributed by atoms with Gasteiger partial charge >= 0.3 is 5.97 Å². The predicted octanol–water partition coefficient (Wildman–Crippen LogP) is 1.56. The van der Waals surface area contributed by atoms with Gasteiger partial charge in [-0.1, -0.05) is 11.8 Å². The van der Waals surface area contributed by atoms with Gasteiger partial charge in [-0.05, 0) is 38.8 Å². The average molecular weight is 275 g/mol. The Kier molecular flexibility index (Phi) is 5.87. The third-order valence-electron chi connectivity index (χ3n) is 2.45. The SMILES string of the molecule is CCOC(=O)C(C)(CCSc1ncns1)NC. The Hall–Kier alpha value is -0.660. The Morgan fingerprint density at radius 2 is 2.47 bits per heavy atom. The lowest BCUT2D eigenvalue weighted by molar-refractivity contribution is -0.150. The summed E-state index contributed by atoms with van der Waals surface area (Å²) in [5, 5.41) is 3.02. The number of hydrogen-bond donors (Lipinski definition) is 1. The van der Waals surface area contributed by atoms with E-state index in [1.54, 1.807) is 18.8 Å². The van der Waals surface area contributed by atoms with Crippen LogP contribution in [0, 0.1) is 0 Å². The van der Waals surface area contributed by atoms with Gasteiger partial charge in [-0.25, -0.2) is 4.98 Å². The van der Waals surface area contributed by atoms with Gasteiger partial charge in [-0.3, -0.25) is 4.79 Å². The molecule has 0 aliphatic rings. The summed E-state index contributed by atoms with van der Waals surface area (Å²) in [7, 11) is 1.77. The zero-order valence-electron chi connectivity index (χ0n) is 10.2. The van der Waals surface area contributed by atoms with Crippen LogP contribution < -0.4 is 5.32 Å². The first-order valence-electron chi connectivity index (χ1n) is 5.38. The molecule has 96 valence electrons. The van der Waals surface area contributed by atoms with Crippen molar-refractivity contribution in [3.8, 4) is 0 Å². The molecule has 7 heteroatoms. The molecule has 0 bridgehead atoms. The standard InChI is InChI=1S/C10H17N3O2S2/c1-4-15-8(14)10(2,11-3)5-6-16-9-12-7-13-17-9/h7,11H,4-6H2,1-3H3. The highest BCUT2D eigenvalue weighted by Crippen LogP contribution is 2.22. The van der Waals surface area contributed by atoms with Crippen LogP contribution in [-0.2, 0) is 9.53 Å². The van der Waals surface area contributed by atoms with Crippen molar-refractivity contribution in [2.45, 2.75) is 30.1 Å². The van der Waals surface area contributed by atoms with Gasteiger partial charge in [0.05, 0.1) is 6.61 Å². The molecule has 17 heavy (non-hydrogen) atoms. The van der Waals surface area contributed by atoms with Gasteiger partial charge in [-0.15, -0.1) is 0 Å². The zero-order valence-corrected chi connectivity index (χ0v) is 11.9. The Morgan fingerprint density at radius 3 is 3.00 bits per heavy atom. The lowest BCUT2D eigenvalue weighted by Gasteiger charge is -2.26. The quantitative estimate of drug-likeness (QED) is 0.602. The summed E-state index contributed by atoms with van der Waals surface area (Å²) in [5.41, 5.74) is -0.631. The van der Waals surface area contributed by atoms with Crippen LogP contribution >= 0.6 is 23.3 Å². The Labute approximate surface area is 110 Å². The summed E-state index contributed by atoms with van der Waals surface area (Å²) < 4.78 is 9.90. The first-order chi connectivity index (χ1) is 8.12. The lowest BCUT2D eigenvalue weighted by Crippen LogP contribution is -2.49. The molecule has 1 aromatic heterocycles. The van der Waals surface area contributed by atoms with Gasteiger partial charge in [0, 0.05) is 5.75 Å². The Bertz CT molecular complexity index is 345. The van der Waals surface area contributed by atoms with Crippen molar-refractivity contribution in [1.82, 2.24) is 14.7 Å². The lowest BCUT2D eigenvalue weighted by atomic mass is 10.00. The van der Waals surface area contributed by atoms with E-state index in [1.807, 2.05) is 13.8 Å². The first kappa shape index (κ1) is 14.4. The molecule has 0 aromatic carbocycles. The van der Waals surface area contributed by atoms with E-state index in [0.717, 1.165) is 10.1 Å². The minimum Gasteiger partial charge on any atom is -0.465 e. The second-order valence-electron chi connectivity index (χ2n) is 3.61. The molecule has 0 spiro atoms. The smallest absolute Gasteiger partial charge is 0.326 e. The summed E-state index contributed by atoms with van der Waals surface area (Å²) in [6.07, 6.45) is 2.22. The number of thioether (sulfide) groups is 1. The second-order valence-corrected chi connectivity index (χ2v) is 5.73. The molecule has 0 aliphatic heterocycles. The highest BCUT2D eigenvalue weighted by Gasteiger charge is 2.32. The van der Waals surface area contributed by atoms with E-state index in [9.17, 15) is 4.79 Å². The van der Waals surface area contributed by atoms with E-state index in [2.05, 4.69) is 14.7 Å². The number of ether oxygens (including phenoxy) is 1. The van der Waals surface area contributed by atoms with Gasteiger partial charge in [0.15, 0.2) is 4.34 Å². The molecular formula is C10H17N3O2S2. The van der Waals surface area contributed by atoms with Crippen LogP contribution in [0.5, 0.6) is 0 Å². The third kappa shape index (κ3) is 4.25. The number of likely N-dealkylation sites (N-methyl/N-ethyl adjacent to an activating group) is 1. The molecule has 5 nitrogen and oxygen atoms in total. The van der Waals surface area contributed by atoms with Crippen molar-refractivity contribution in [1.29, 1.82) is 0 Å². The van der Waals surface area contributed by atoms with E-state index in [1.165, 1.54) is 17.9 Å². The number of hydrogen-bond acceptors (Lipinski definition) is 7. The molecule has 0 saturated carbocycles. The topological polar surface area (TPSA) is 64.1 Å². The monoisotopic (exact) mass is 275 g/mol. The fraction of sp³-hybridized carbons (Fsp3) is 0.700. The molecule has 0 saturated heterocycles. The maximum absolute atomic E-state index is 11.8. The number of carbonyl (C=O) groups is 1. The summed E-state index contributed by atoms with van der Waals surface area (Å²) in [4.78, 5) is 15.8. The summed E-state index contributed by atoms with van der Waals surface area (Å²) in [6, 6.07) is 0. The summed E-state index contributed by atoms with van der Waals surface area (Å²) in [5.74, 6) is 0.589. The average Bonchev–Trinajstić information content (AvgIpc) is 2.82. The van der Waals surface area contributed by atoms with Crippen LogP contribution in [-0.4, -0.2) is 40.3 Å². The normalized spacial score (nSPS) is 14.3. The van der Waals surface area contributed by atoms with Crippen LogP contribution in [0.3, 0.4) is 0 Å². The minimum atomic E-state index is -0.631. The van der Waals surface area contributed by atoms with E-state index in [4.69, 9.17) is 4.74 Å². The van der Waals surface area contributed by atoms with Crippen molar-refractivity contribution in [3.63, 3.8) is 0 Å². The molecule has 0 fully saturated rings. The Balaban J connectivity index is 2.43. The third-order valence-corrected chi connectivity index (χ3v) is 4.25. The van der Waals surface area contributed by atoms with Crippen LogP contribution in [0.2, 0.25) is 0 Å². The predicted molar refractivity (Wildman–Crippen MR) is 69.3 cm³/mol. The largest absolute Gasteiger partial charge is 0.465 e. The van der Waals surface area contributed by atoms with E-state index < -0.39 is 5.54 Å². The van der Waals surface area contributed by atoms with Crippen LogP contribution in [0.4, 0.5) is 0 Å². The number of nitrogens with one attached hydrogen (secondary N) is 1. The molecule has 0 aliphatic carbocycles. The van der Waals surface area contributed by atoms with E-state index in [-0.39, 0.29) is 5.97 Å². The maximum Gasteiger partial charge on any atom is 0.326 e. The number of carbonyl (C=O) groups excluding carboxylic acids is 1. The highest BCUT2D eigenvalue weighted by atomic mass is 32.2. The van der Waals surface area contributed by atoms with Crippen molar-refractivity contribution >= 4 is 29.3 Å². The molecule has 1 unspecified atom stereocenters. The first-order valence-corrected chi connectivity index (χ1v) is 7.14. The van der Waals surface area contributed by atoms with Gasteiger partial charge in [-0.2, -0.15) is 4.37 Å². The molecule has 1 aromatic rings. The number of rotatable bonds is 7. The van der Waals surface area contributed by atoms with E-state index in [0.29, 0.717) is 13.0 Å². The molecule has 0 radical (unpaired) electrons. The van der Waals surface area contributed by atoms with Crippen molar-refractivity contribution in [3.05, 3.63) is 6.33 Å². The van der Waals surface area contributed by atoms with Crippen LogP contribution in [0.1, 0.15) is 20.3 Å². The van der Waals surface area contributed by atoms with Gasteiger partial charge in [0.2, 0.25) is 0 Å². The molecular weight excluding hydrogens is 258 g/mol. The molecule has 1 rings (SSSR count). The maximum atomic E-state index is 11.8. The zero-order chi connectivity index (χ0) is 12.7. The van der Waals surface area contributed by atoms with Gasteiger partial charge in [0.25, 0.3) is 0 Å². The van der Waals surface area contributed by atoms with Crippen molar-refractivity contribution < 1.29 is 9.53 Å². The number of esters is 1. The minimum absolute atomic E-state index is 0.208. The van der Waals surface area contributed by atoms with Crippen LogP contribution in [0.25, 0.3) is 0 Å². The summed E-state index contributed by atoms with van der Waals surface area (Å²) in [6.45, 7) is 4.06. The van der Waals surface area contributed by atoms with Gasteiger partial charge < -0.3 is 10.1 Å². The molecule has 1 atom stereocenters. The number of nitrogens with zero attached hydrogens (tertiary/aromatic N) is 2. The highest BCUT2D eigenvalue weighted by molar-refractivity contribution is 8.00. The van der Waals surface area contributed by atoms with Crippen molar-refractivity contribution in [2.24, 2.45) is 0 Å². The molecule has 1 N–H and O–H groups in total. The second kappa shape index (κ2) is 6.93. The van der Waals surface area contributed by atoms with Gasteiger partial charge in [0.1, 0.15) is 11.9 Å². The fourth-order valence-corrected chi connectivity index (χ4v) is 2.86. The van der Waals surface area contributed by atoms with E-state index >= 15 is 0 Å². The fourth-order valence-electron chi connectivity index (χ4n) is 1.19. The number of aromatic nitrogens is 2. The summed E-state index contributed by atoms with van der Waals surface area (Å²) >= 11 is 2.97. The van der Waals surface area contributed by atoms with Crippen LogP contribution in [0.15, 0.2) is 10.7 Å².